The van der Waals surface area contributed by atoms with Gasteiger partial charge in [0.05, 0.1) is 6.61 Å². The summed E-state index contributed by atoms with van der Waals surface area (Å²) in [6.45, 7) is 2.93. The number of aliphatic hydroxyl groups excluding tert-OH is 1. The van der Waals surface area contributed by atoms with E-state index in [4.69, 9.17) is 5.11 Å². The van der Waals surface area contributed by atoms with Crippen molar-refractivity contribution in [2.75, 3.05) is 6.61 Å². The third-order valence-electron chi connectivity index (χ3n) is 2.60. The number of aliphatic hydroxyl groups is 1. The molecule has 0 unspecified atom stereocenters. The molecule has 0 aliphatic carbocycles. The summed E-state index contributed by atoms with van der Waals surface area (Å²) < 4.78 is 0. The zero-order valence-electron chi connectivity index (χ0n) is 8.83. The Balaban J connectivity index is 2.17. The number of hydrogen-bond acceptors (Lipinski definition) is 2. The summed E-state index contributed by atoms with van der Waals surface area (Å²) in [7, 11) is 0. The van der Waals surface area contributed by atoms with Crippen LogP contribution in [0.1, 0.15) is 12.5 Å². The fourth-order valence-corrected chi connectivity index (χ4v) is 1.65. The predicted molar refractivity (Wildman–Crippen MR) is 61.7 cm³/mol. The topological polar surface area (TPSA) is 48.0 Å². The van der Waals surface area contributed by atoms with E-state index in [1.54, 1.807) is 0 Å². The second-order valence-corrected chi connectivity index (χ2v) is 3.82. The molecule has 80 valence electrons. The fourth-order valence-electron chi connectivity index (χ4n) is 1.65. The maximum Gasteiger partial charge on any atom is 0.0582 e. The number of benzene rings is 1. The number of hydrogen-bond donors (Lipinski definition) is 3. The number of rotatable bonds is 4. The smallest absolute Gasteiger partial charge is 0.0582 e. The number of nitrogens with one attached hydrogen (secondary N) is 2. The third-order valence-corrected chi connectivity index (χ3v) is 2.60. The fraction of sp³-hybridized carbons (Fsp3) is 0.333. The summed E-state index contributed by atoms with van der Waals surface area (Å²) in [4.78, 5) is 3.18. The highest BCUT2D eigenvalue weighted by molar-refractivity contribution is 5.82. The number of aromatic nitrogens is 1. The van der Waals surface area contributed by atoms with Gasteiger partial charge in [-0.1, -0.05) is 12.1 Å². The molecule has 3 N–H and O–H groups in total. The van der Waals surface area contributed by atoms with Crippen LogP contribution in [0.5, 0.6) is 0 Å². The van der Waals surface area contributed by atoms with E-state index in [1.807, 2.05) is 19.2 Å². The molecule has 0 fully saturated rings. The van der Waals surface area contributed by atoms with Gasteiger partial charge in [-0.2, -0.15) is 0 Å². The molecular weight excluding hydrogens is 188 g/mol. The highest BCUT2D eigenvalue weighted by Gasteiger charge is 2.03. The average molecular weight is 204 g/mol. The van der Waals surface area contributed by atoms with Gasteiger partial charge in [0.2, 0.25) is 0 Å². The summed E-state index contributed by atoms with van der Waals surface area (Å²) >= 11 is 0. The van der Waals surface area contributed by atoms with E-state index in [-0.39, 0.29) is 12.6 Å². The first-order chi connectivity index (χ1) is 7.31. The second kappa shape index (κ2) is 4.47. The van der Waals surface area contributed by atoms with Crippen molar-refractivity contribution in [2.24, 2.45) is 0 Å². The first-order valence-electron chi connectivity index (χ1n) is 5.20. The van der Waals surface area contributed by atoms with E-state index in [0.717, 1.165) is 12.1 Å². The molecule has 0 aliphatic rings. The van der Waals surface area contributed by atoms with Crippen molar-refractivity contribution in [2.45, 2.75) is 19.5 Å². The van der Waals surface area contributed by atoms with Crippen molar-refractivity contribution in [3.05, 3.63) is 36.0 Å². The van der Waals surface area contributed by atoms with Crippen LogP contribution in [-0.2, 0) is 6.54 Å². The molecule has 0 bridgehead atoms. The van der Waals surface area contributed by atoms with Gasteiger partial charge in [-0.15, -0.1) is 0 Å². The lowest BCUT2D eigenvalue weighted by Gasteiger charge is -2.11. The molecular formula is C12H16N2O. The van der Waals surface area contributed by atoms with Crippen LogP contribution in [0.25, 0.3) is 10.9 Å². The van der Waals surface area contributed by atoms with Crippen molar-refractivity contribution in [1.82, 2.24) is 10.3 Å². The van der Waals surface area contributed by atoms with E-state index in [9.17, 15) is 0 Å². The van der Waals surface area contributed by atoms with E-state index in [1.165, 1.54) is 10.9 Å². The number of fused-ring (bicyclic) bond motifs is 1. The van der Waals surface area contributed by atoms with Crippen LogP contribution in [0.2, 0.25) is 0 Å². The minimum atomic E-state index is 0.138. The molecule has 1 aromatic heterocycles. The van der Waals surface area contributed by atoms with Crippen molar-refractivity contribution >= 4 is 10.9 Å². The van der Waals surface area contributed by atoms with Crippen molar-refractivity contribution in [1.29, 1.82) is 0 Å². The molecule has 2 rings (SSSR count). The number of aromatic amines is 1. The summed E-state index contributed by atoms with van der Waals surface area (Å²) in [5.41, 5.74) is 2.42. The zero-order chi connectivity index (χ0) is 10.7. The monoisotopic (exact) mass is 204 g/mol. The van der Waals surface area contributed by atoms with Crippen LogP contribution in [0.15, 0.2) is 30.5 Å². The molecule has 0 saturated carbocycles. The van der Waals surface area contributed by atoms with Gasteiger partial charge in [-0.3, -0.25) is 0 Å². The summed E-state index contributed by atoms with van der Waals surface area (Å²) in [6.07, 6.45) is 1.95. The number of H-pyrrole nitrogens is 1. The Labute approximate surface area is 89.1 Å². The molecule has 0 radical (unpaired) electrons. The highest BCUT2D eigenvalue weighted by Crippen LogP contribution is 2.16. The molecule has 3 heteroatoms. The Morgan fingerprint density at radius 2 is 2.27 bits per heavy atom. The van der Waals surface area contributed by atoms with Crippen LogP contribution in [0, 0.1) is 0 Å². The first kappa shape index (κ1) is 10.2. The van der Waals surface area contributed by atoms with E-state index < -0.39 is 0 Å². The molecule has 1 heterocycles. The van der Waals surface area contributed by atoms with Gasteiger partial charge in [0.25, 0.3) is 0 Å². The van der Waals surface area contributed by atoms with E-state index in [2.05, 4.69) is 28.5 Å². The van der Waals surface area contributed by atoms with Crippen LogP contribution in [-0.4, -0.2) is 22.7 Å². The molecule has 1 atom stereocenters. The van der Waals surface area contributed by atoms with Crippen molar-refractivity contribution in [3.63, 3.8) is 0 Å². The summed E-state index contributed by atoms with van der Waals surface area (Å²) in [5.74, 6) is 0. The third kappa shape index (κ3) is 2.19. The summed E-state index contributed by atoms with van der Waals surface area (Å²) in [6, 6.07) is 8.43. The molecule has 0 saturated heterocycles. The Hall–Kier alpha value is -1.32. The maximum absolute atomic E-state index is 8.92. The van der Waals surface area contributed by atoms with Gasteiger partial charge in [-0.05, 0) is 24.6 Å². The zero-order valence-corrected chi connectivity index (χ0v) is 8.83. The average Bonchev–Trinajstić information content (AvgIpc) is 2.74. The Morgan fingerprint density at radius 3 is 3.07 bits per heavy atom. The second-order valence-electron chi connectivity index (χ2n) is 3.82. The van der Waals surface area contributed by atoms with Crippen LogP contribution in [0.3, 0.4) is 0 Å². The standard InChI is InChI=1S/C12H16N2O/c1-9(8-15)14-7-10-3-2-4-12-11(10)5-6-13-12/h2-6,9,13-15H,7-8H2,1H3/t9-/m0/s1. The minimum Gasteiger partial charge on any atom is -0.395 e. The molecule has 15 heavy (non-hydrogen) atoms. The van der Waals surface area contributed by atoms with Gasteiger partial charge < -0.3 is 15.4 Å². The van der Waals surface area contributed by atoms with Gasteiger partial charge >= 0.3 is 0 Å². The lowest BCUT2D eigenvalue weighted by molar-refractivity contribution is 0.251. The molecule has 1 aromatic carbocycles. The van der Waals surface area contributed by atoms with Crippen LogP contribution in [0.4, 0.5) is 0 Å². The van der Waals surface area contributed by atoms with Crippen molar-refractivity contribution in [3.8, 4) is 0 Å². The largest absolute Gasteiger partial charge is 0.395 e. The quantitative estimate of drug-likeness (QED) is 0.709. The van der Waals surface area contributed by atoms with E-state index in [0.29, 0.717) is 0 Å². The van der Waals surface area contributed by atoms with Crippen molar-refractivity contribution < 1.29 is 5.11 Å². The van der Waals surface area contributed by atoms with Gasteiger partial charge in [-0.25, -0.2) is 0 Å². The minimum absolute atomic E-state index is 0.138. The highest BCUT2D eigenvalue weighted by atomic mass is 16.3. The molecule has 0 amide bonds. The molecule has 2 aromatic rings. The Morgan fingerprint density at radius 1 is 1.40 bits per heavy atom. The molecule has 0 spiro atoms. The molecule has 0 aliphatic heterocycles. The maximum atomic E-state index is 8.92. The summed E-state index contributed by atoms with van der Waals surface area (Å²) in [5, 5.41) is 13.4. The van der Waals surface area contributed by atoms with Crippen LogP contribution < -0.4 is 5.32 Å². The SMILES string of the molecule is C[C@@H](CO)NCc1cccc2[nH]ccc12. The normalized spacial score (nSPS) is 13.2. The first-order valence-corrected chi connectivity index (χ1v) is 5.20. The lowest BCUT2D eigenvalue weighted by Crippen LogP contribution is -2.28. The van der Waals surface area contributed by atoms with Gasteiger partial charge in [0, 0.05) is 29.7 Å². The Kier molecular flexibility index (Phi) is 3.04. The van der Waals surface area contributed by atoms with Gasteiger partial charge in [0.15, 0.2) is 0 Å². The Bertz CT molecular complexity index is 436. The lowest BCUT2D eigenvalue weighted by atomic mass is 10.1. The van der Waals surface area contributed by atoms with Gasteiger partial charge in [0.1, 0.15) is 0 Å². The molecule has 3 nitrogen and oxygen atoms in total. The predicted octanol–water partition coefficient (Wildman–Crippen LogP) is 1.64. The van der Waals surface area contributed by atoms with Crippen LogP contribution >= 0.6 is 0 Å². The van der Waals surface area contributed by atoms with E-state index >= 15 is 0 Å².